The molecule has 228 valence electrons. The summed E-state index contributed by atoms with van der Waals surface area (Å²) in [6, 6.07) is 52.3. The monoisotopic (exact) mass is 627 g/mol. The minimum Gasteiger partial charge on any atom is -0.456 e. The molecule has 0 amide bonds. The Morgan fingerprint density at radius 1 is 0.429 bits per heavy atom. The summed E-state index contributed by atoms with van der Waals surface area (Å²) < 4.78 is 6.05. The van der Waals surface area contributed by atoms with Gasteiger partial charge in [0.25, 0.3) is 0 Å². The number of nitrogens with zero attached hydrogens (tertiary/aromatic N) is 5. The summed E-state index contributed by atoms with van der Waals surface area (Å²) in [5, 5.41) is 11.6. The number of hydrogen-bond acceptors (Lipinski definition) is 6. The standard InChI is InChI=1S/C43H25N5O/c44-26-27-14-16-30(17-15-27)41-42(46-36-12-6-5-11-35(36)45-41)38-25-37(47-43(48-38)31-8-2-1-3-9-31)29-20-18-28(19-21-29)32-22-23-40-34(24-32)33-10-4-7-13-39(33)49-40/h1-25H. The van der Waals surface area contributed by atoms with Crippen LogP contribution < -0.4 is 0 Å². The van der Waals surface area contributed by atoms with Crippen LogP contribution in [0, 0.1) is 11.3 Å². The molecule has 6 aromatic carbocycles. The highest BCUT2D eigenvalue weighted by Gasteiger charge is 2.18. The number of fused-ring (bicyclic) bond motifs is 4. The average Bonchev–Trinajstić information content (AvgIpc) is 3.56. The molecule has 0 N–H and O–H groups in total. The molecule has 3 aromatic heterocycles. The maximum absolute atomic E-state index is 9.40. The molecule has 3 heterocycles. The van der Waals surface area contributed by atoms with Gasteiger partial charge in [0, 0.05) is 27.5 Å². The molecule has 0 fully saturated rings. The molecule has 6 heteroatoms. The molecule has 0 saturated heterocycles. The van der Waals surface area contributed by atoms with Crippen LogP contribution in [-0.4, -0.2) is 19.9 Å². The van der Waals surface area contributed by atoms with Crippen molar-refractivity contribution in [2.75, 3.05) is 0 Å². The van der Waals surface area contributed by atoms with Crippen LogP contribution in [0.4, 0.5) is 0 Å². The number of rotatable bonds is 5. The average molecular weight is 628 g/mol. The van der Waals surface area contributed by atoms with Gasteiger partial charge in [-0.2, -0.15) is 5.26 Å². The van der Waals surface area contributed by atoms with E-state index in [4.69, 9.17) is 24.4 Å². The second kappa shape index (κ2) is 11.7. The molecule has 0 unspecified atom stereocenters. The fourth-order valence-electron chi connectivity index (χ4n) is 6.25. The highest BCUT2D eigenvalue weighted by molar-refractivity contribution is 6.06. The summed E-state index contributed by atoms with van der Waals surface area (Å²) >= 11 is 0. The fraction of sp³-hybridized carbons (Fsp3) is 0. The highest BCUT2D eigenvalue weighted by atomic mass is 16.3. The van der Waals surface area contributed by atoms with Crippen LogP contribution >= 0.6 is 0 Å². The Balaban J connectivity index is 1.19. The maximum atomic E-state index is 9.40. The van der Waals surface area contributed by atoms with E-state index in [1.54, 1.807) is 12.1 Å². The molecule has 0 saturated carbocycles. The van der Waals surface area contributed by atoms with Crippen molar-refractivity contribution in [1.82, 2.24) is 19.9 Å². The van der Waals surface area contributed by atoms with Crippen molar-refractivity contribution in [3.8, 4) is 62.5 Å². The third kappa shape index (κ3) is 5.16. The first kappa shape index (κ1) is 28.3. The molecule has 49 heavy (non-hydrogen) atoms. The van der Waals surface area contributed by atoms with Gasteiger partial charge in [0.1, 0.15) is 16.9 Å². The summed E-state index contributed by atoms with van der Waals surface area (Å²) in [6.45, 7) is 0. The summed E-state index contributed by atoms with van der Waals surface area (Å²) in [6.07, 6.45) is 0. The minimum atomic E-state index is 0.580. The van der Waals surface area contributed by atoms with Crippen LogP contribution in [0.1, 0.15) is 5.56 Å². The van der Waals surface area contributed by atoms with E-state index in [-0.39, 0.29) is 0 Å². The van der Waals surface area contributed by atoms with Gasteiger partial charge >= 0.3 is 0 Å². The second-order valence-electron chi connectivity index (χ2n) is 11.8. The van der Waals surface area contributed by atoms with Crippen LogP contribution in [-0.2, 0) is 0 Å². The van der Waals surface area contributed by atoms with Crippen molar-refractivity contribution in [3.05, 3.63) is 157 Å². The van der Waals surface area contributed by atoms with Crippen molar-refractivity contribution in [2.24, 2.45) is 0 Å². The van der Waals surface area contributed by atoms with E-state index >= 15 is 0 Å². The highest BCUT2D eigenvalue weighted by Crippen LogP contribution is 2.36. The molecule has 0 radical (unpaired) electrons. The molecule has 0 aliphatic rings. The quantitative estimate of drug-likeness (QED) is 0.189. The van der Waals surface area contributed by atoms with Gasteiger partial charge in [0.15, 0.2) is 5.82 Å². The Morgan fingerprint density at radius 3 is 1.82 bits per heavy atom. The van der Waals surface area contributed by atoms with Crippen LogP contribution in [0.5, 0.6) is 0 Å². The lowest BCUT2D eigenvalue weighted by molar-refractivity contribution is 0.669. The predicted octanol–water partition coefficient (Wildman–Crippen LogP) is 10.5. The van der Waals surface area contributed by atoms with Gasteiger partial charge in [0.2, 0.25) is 0 Å². The molecular weight excluding hydrogens is 603 g/mol. The Morgan fingerprint density at radius 2 is 1.04 bits per heavy atom. The normalized spacial score (nSPS) is 11.2. The zero-order valence-corrected chi connectivity index (χ0v) is 26.1. The summed E-state index contributed by atoms with van der Waals surface area (Å²) in [7, 11) is 0. The van der Waals surface area contributed by atoms with Gasteiger partial charge < -0.3 is 4.42 Å². The number of benzene rings is 6. The summed E-state index contributed by atoms with van der Waals surface area (Å²) in [5.41, 5.74) is 11.5. The van der Waals surface area contributed by atoms with E-state index in [1.165, 1.54) is 0 Å². The Labute approximate surface area is 281 Å². The number of hydrogen-bond donors (Lipinski definition) is 0. The zero-order valence-electron chi connectivity index (χ0n) is 26.1. The third-order valence-corrected chi connectivity index (χ3v) is 8.75. The largest absolute Gasteiger partial charge is 0.456 e. The molecule has 9 rings (SSSR count). The number of nitriles is 1. The molecule has 6 nitrogen and oxygen atoms in total. The van der Waals surface area contributed by atoms with E-state index in [2.05, 4.69) is 48.5 Å². The number of aromatic nitrogens is 4. The smallest absolute Gasteiger partial charge is 0.160 e. The summed E-state index contributed by atoms with van der Waals surface area (Å²) in [4.78, 5) is 20.3. The first-order chi connectivity index (χ1) is 24.2. The van der Waals surface area contributed by atoms with Crippen molar-refractivity contribution < 1.29 is 4.42 Å². The van der Waals surface area contributed by atoms with Crippen LogP contribution in [0.15, 0.2) is 156 Å². The van der Waals surface area contributed by atoms with Crippen LogP contribution in [0.2, 0.25) is 0 Å². The Kier molecular flexibility index (Phi) is 6.74. The van der Waals surface area contributed by atoms with E-state index in [9.17, 15) is 5.26 Å². The lowest BCUT2D eigenvalue weighted by Gasteiger charge is -2.13. The number of furan rings is 1. The van der Waals surface area contributed by atoms with Crippen LogP contribution in [0.3, 0.4) is 0 Å². The zero-order chi connectivity index (χ0) is 32.7. The van der Waals surface area contributed by atoms with Crippen LogP contribution in [0.25, 0.3) is 89.4 Å². The predicted molar refractivity (Wildman–Crippen MR) is 194 cm³/mol. The van der Waals surface area contributed by atoms with Crippen molar-refractivity contribution in [3.63, 3.8) is 0 Å². The molecule has 0 bridgehead atoms. The second-order valence-corrected chi connectivity index (χ2v) is 11.8. The SMILES string of the molecule is N#Cc1ccc(-c2nc3ccccc3nc2-c2cc(-c3ccc(-c4ccc5oc6ccccc6c5c4)cc3)nc(-c3ccccc3)n2)cc1. The van der Waals surface area contributed by atoms with E-state index in [0.717, 1.165) is 66.5 Å². The van der Waals surface area contributed by atoms with E-state index in [1.807, 2.05) is 97.1 Å². The molecule has 0 spiro atoms. The minimum absolute atomic E-state index is 0.580. The lowest BCUT2D eigenvalue weighted by atomic mass is 10.00. The third-order valence-electron chi connectivity index (χ3n) is 8.75. The van der Waals surface area contributed by atoms with E-state index < -0.39 is 0 Å². The first-order valence-electron chi connectivity index (χ1n) is 15.9. The topological polar surface area (TPSA) is 88.5 Å². The van der Waals surface area contributed by atoms with Gasteiger partial charge in [-0.3, -0.25) is 0 Å². The molecular formula is C43H25N5O. The van der Waals surface area contributed by atoms with E-state index in [0.29, 0.717) is 28.5 Å². The fourth-order valence-corrected chi connectivity index (χ4v) is 6.25. The van der Waals surface area contributed by atoms with Crippen molar-refractivity contribution in [2.45, 2.75) is 0 Å². The molecule has 0 aliphatic carbocycles. The molecule has 9 aromatic rings. The Bertz CT molecular complexity index is 2710. The summed E-state index contributed by atoms with van der Waals surface area (Å²) in [5.74, 6) is 0.593. The molecule has 0 atom stereocenters. The lowest BCUT2D eigenvalue weighted by Crippen LogP contribution is -2.00. The number of para-hydroxylation sites is 3. The van der Waals surface area contributed by atoms with Gasteiger partial charge in [0.05, 0.1) is 39.7 Å². The van der Waals surface area contributed by atoms with Gasteiger partial charge in [-0.1, -0.05) is 103 Å². The van der Waals surface area contributed by atoms with Crippen molar-refractivity contribution >= 4 is 33.0 Å². The van der Waals surface area contributed by atoms with Gasteiger partial charge in [-0.25, -0.2) is 19.9 Å². The maximum Gasteiger partial charge on any atom is 0.160 e. The molecule has 0 aliphatic heterocycles. The van der Waals surface area contributed by atoms with Gasteiger partial charge in [-0.15, -0.1) is 0 Å². The Hall–Kier alpha value is -6.97. The van der Waals surface area contributed by atoms with Gasteiger partial charge in [-0.05, 0) is 59.7 Å². The first-order valence-corrected chi connectivity index (χ1v) is 15.9. The van der Waals surface area contributed by atoms with Crippen molar-refractivity contribution in [1.29, 1.82) is 5.26 Å².